The fourth-order valence-corrected chi connectivity index (χ4v) is 4.33. The average molecular weight is 469 g/mol. The zero-order valence-corrected chi connectivity index (χ0v) is 18.7. The Bertz CT molecular complexity index is 1160. The number of carbonyl (C=O) groups is 3. The molecule has 1 aliphatic rings. The molecule has 4 rings (SSSR count). The van der Waals surface area contributed by atoms with Crippen molar-refractivity contribution in [3.05, 3.63) is 69.8 Å². The van der Waals surface area contributed by atoms with Gasteiger partial charge in [-0.25, -0.2) is 4.98 Å². The van der Waals surface area contributed by atoms with Crippen molar-refractivity contribution in [2.24, 2.45) is 0 Å². The first-order chi connectivity index (χ1) is 15.5. The largest absolute Gasteiger partial charge is 0.354 e. The molecular weight excluding hydrogens is 448 g/mol. The van der Waals surface area contributed by atoms with Crippen LogP contribution in [0.5, 0.6) is 0 Å². The summed E-state index contributed by atoms with van der Waals surface area (Å²) in [6.45, 7) is 0.355. The molecule has 0 saturated carbocycles. The Labute approximate surface area is 194 Å². The Hall–Kier alpha value is -3.10. The molecule has 1 fully saturated rings. The van der Waals surface area contributed by atoms with Gasteiger partial charge in [0.05, 0.1) is 15.9 Å². The van der Waals surface area contributed by atoms with Crippen LogP contribution in [0.3, 0.4) is 0 Å². The van der Waals surface area contributed by atoms with Gasteiger partial charge in [0, 0.05) is 31.0 Å². The summed E-state index contributed by atoms with van der Waals surface area (Å²) in [5.41, 5.74) is 2.68. The van der Waals surface area contributed by atoms with Gasteiger partial charge in [-0.3, -0.25) is 19.3 Å². The molecule has 1 saturated heterocycles. The summed E-state index contributed by atoms with van der Waals surface area (Å²) in [7, 11) is 0. The van der Waals surface area contributed by atoms with Gasteiger partial charge in [0.15, 0.2) is 0 Å². The number of imidazole rings is 1. The van der Waals surface area contributed by atoms with Crippen molar-refractivity contribution in [2.45, 2.75) is 19.3 Å². The van der Waals surface area contributed by atoms with Crippen molar-refractivity contribution in [3.8, 4) is 0 Å². The quantitative estimate of drug-likeness (QED) is 0.478. The van der Waals surface area contributed by atoms with Crippen molar-refractivity contribution in [3.63, 3.8) is 0 Å². The molecule has 0 radical (unpaired) electrons. The van der Waals surface area contributed by atoms with E-state index in [1.54, 1.807) is 30.3 Å². The number of fused-ring (bicyclic) bond motifs is 1. The second kappa shape index (κ2) is 10.0. The number of aromatic amines is 1. The number of hydrogen-bond donors (Lipinski definition) is 2. The van der Waals surface area contributed by atoms with Crippen LogP contribution in [-0.4, -0.2) is 45.0 Å². The lowest BCUT2D eigenvalue weighted by Gasteiger charge is -2.12. The normalized spacial score (nSPS) is 15.2. The number of aromatic nitrogens is 2. The topological polar surface area (TPSA) is 95.2 Å². The van der Waals surface area contributed by atoms with E-state index < -0.39 is 0 Å². The molecule has 9 heteroatoms. The predicted octanol–water partition coefficient (Wildman–Crippen LogP) is 4.39. The van der Waals surface area contributed by atoms with E-state index in [1.807, 2.05) is 24.3 Å². The highest BCUT2D eigenvalue weighted by Gasteiger charge is 2.34. The molecule has 164 valence electrons. The van der Waals surface area contributed by atoms with Gasteiger partial charge in [-0.05, 0) is 54.1 Å². The second-order valence-electron chi connectivity index (χ2n) is 7.29. The van der Waals surface area contributed by atoms with Gasteiger partial charge < -0.3 is 10.3 Å². The minimum Gasteiger partial charge on any atom is -0.354 e. The van der Waals surface area contributed by atoms with Crippen LogP contribution in [0, 0.1) is 0 Å². The van der Waals surface area contributed by atoms with Crippen molar-refractivity contribution in [1.29, 1.82) is 0 Å². The molecule has 32 heavy (non-hydrogen) atoms. The number of para-hydroxylation sites is 2. The van der Waals surface area contributed by atoms with Crippen molar-refractivity contribution in [1.82, 2.24) is 20.2 Å². The number of nitrogens with zero attached hydrogens (tertiary/aromatic N) is 2. The first-order valence-electron chi connectivity index (χ1n) is 10.2. The number of thioether (sulfide) groups is 1. The van der Waals surface area contributed by atoms with Crippen LogP contribution in [0.25, 0.3) is 17.1 Å². The summed E-state index contributed by atoms with van der Waals surface area (Å²) in [6, 6.07) is 14.8. The van der Waals surface area contributed by atoms with Crippen LogP contribution in [0.4, 0.5) is 4.79 Å². The summed E-state index contributed by atoms with van der Waals surface area (Å²) < 4.78 is 0. The lowest BCUT2D eigenvalue weighted by Crippen LogP contribution is -2.37. The Morgan fingerprint density at radius 1 is 1.16 bits per heavy atom. The highest BCUT2D eigenvalue weighted by Crippen LogP contribution is 2.32. The summed E-state index contributed by atoms with van der Waals surface area (Å²) >= 11 is 6.77. The summed E-state index contributed by atoms with van der Waals surface area (Å²) in [5.74, 6) is 0.378. The highest BCUT2D eigenvalue weighted by molar-refractivity contribution is 8.18. The zero-order valence-electron chi connectivity index (χ0n) is 17.1. The highest BCUT2D eigenvalue weighted by atomic mass is 35.5. The molecule has 0 bridgehead atoms. The molecule has 0 unspecified atom stereocenters. The predicted molar refractivity (Wildman–Crippen MR) is 126 cm³/mol. The van der Waals surface area contributed by atoms with Crippen molar-refractivity contribution in [2.75, 3.05) is 13.1 Å². The molecule has 0 spiro atoms. The molecule has 2 N–H and O–H groups in total. The lowest BCUT2D eigenvalue weighted by molar-refractivity contribution is -0.124. The number of hydrogen-bond acceptors (Lipinski definition) is 5. The Balaban J connectivity index is 1.21. The van der Waals surface area contributed by atoms with Crippen LogP contribution in [0.15, 0.2) is 53.4 Å². The molecule has 0 aliphatic carbocycles. The third-order valence-corrected chi connectivity index (χ3v) is 6.11. The zero-order chi connectivity index (χ0) is 22.5. The molecule has 0 atom stereocenters. The van der Waals surface area contributed by atoms with E-state index in [0.717, 1.165) is 39.1 Å². The van der Waals surface area contributed by atoms with Crippen LogP contribution < -0.4 is 5.32 Å². The van der Waals surface area contributed by atoms with E-state index in [9.17, 15) is 14.4 Å². The van der Waals surface area contributed by atoms with Crippen LogP contribution in [-0.2, 0) is 16.0 Å². The second-order valence-corrected chi connectivity index (χ2v) is 8.72. The molecule has 1 aromatic heterocycles. The molecular formula is C23H21ClN4O3S. The van der Waals surface area contributed by atoms with Crippen LogP contribution in [0.2, 0.25) is 5.02 Å². The fourth-order valence-electron chi connectivity index (χ4n) is 3.34. The minimum atomic E-state index is -0.353. The number of amides is 3. The van der Waals surface area contributed by atoms with Gasteiger partial charge in [-0.1, -0.05) is 35.9 Å². The van der Waals surface area contributed by atoms with E-state index in [2.05, 4.69) is 15.3 Å². The summed E-state index contributed by atoms with van der Waals surface area (Å²) in [4.78, 5) is 46.1. The summed E-state index contributed by atoms with van der Waals surface area (Å²) in [5, 5.41) is 3.04. The Morgan fingerprint density at radius 2 is 1.94 bits per heavy atom. The van der Waals surface area contributed by atoms with Gasteiger partial charge >= 0.3 is 0 Å². The molecule has 7 nitrogen and oxygen atoms in total. The monoisotopic (exact) mass is 468 g/mol. The van der Waals surface area contributed by atoms with Gasteiger partial charge in [0.1, 0.15) is 5.82 Å². The SMILES string of the molecule is O=C(CCCc1nc2ccccc2[nH]1)NCCN1C(=O)S/C(=C\c2ccc(Cl)cc2)C1=O. The van der Waals surface area contributed by atoms with E-state index in [-0.39, 0.29) is 30.1 Å². The van der Waals surface area contributed by atoms with Crippen LogP contribution >= 0.6 is 23.4 Å². The maximum absolute atomic E-state index is 12.5. The minimum absolute atomic E-state index is 0.121. The maximum atomic E-state index is 12.5. The molecule has 1 aliphatic heterocycles. The number of nitrogens with one attached hydrogen (secondary N) is 2. The van der Waals surface area contributed by atoms with Gasteiger partial charge in [0.2, 0.25) is 5.91 Å². The van der Waals surface area contributed by atoms with Crippen molar-refractivity contribution >= 4 is 57.5 Å². The van der Waals surface area contributed by atoms with E-state index in [1.165, 1.54) is 0 Å². The van der Waals surface area contributed by atoms with E-state index >= 15 is 0 Å². The number of imide groups is 1. The fraction of sp³-hybridized carbons (Fsp3) is 0.217. The summed E-state index contributed by atoms with van der Waals surface area (Å²) in [6.07, 6.45) is 3.32. The molecule has 2 heterocycles. The van der Waals surface area contributed by atoms with E-state index in [0.29, 0.717) is 29.2 Å². The first-order valence-corrected chi connectivity index (χ1v) is 11.4. The molecule has 3 amide bonds. The third-order valence-electron chi connectivity index (χ3n) is 4.95. The lowest BCUT2D eigenvalue weighted by atomic mass is 10.2. The van der Waals surface area contributed by atoms with E-state index in [4.69, 9.17) is 11.6 Å². The Kier molecular flexibility index (Phi) is 6.92. The number of halogens is 1. The number of rotatable bonds is 8. The number of aryl methyl sites for hydroxylation is 1. The standard InChI is InChI=1S/C23H21ClN4O3S/c24-16-10-8-15(9-11-16)14-19-22(30)28(23(31)32-19)13-12-25-21(29)7-3-6-20-26-17-4-1-2-5-18(17)27-20/h1-2,4-5,8-11,14H,3,6-7,12-13H2,(H,25,29)(H,26,27)/b19-14-. The van der Waals surface area contributed by atoms with Crippen molar-refractivity contribution < 1.29 is 14.4 Å². The van der Waals surface area contributed by atoms with Gasteiger partial charge in [0.25, 0.3) is 11.1 Å². The van der Waals surface area contributed by atoms with Crippen LogP contribution in [0.1, 0.15) is 24.2 Å². The number of benzene rings is 2. The van der Waals surface area contributed by atoms with Gasteiger partial charge in [-0.15, -0.1) is 0 Å². The number of carbonyl (C=O) groups excluding carboxylic acids is 3. The Morgan fingerprint density at radius 3 is 2.72 bits per heavy atom. The molecule has 3 aromatic rings. The number of H-pyrrole nitrogens is 1. The maximum Gasteiger partial charge on any atom is 0.293 e. The van der Waals surface area contributed by atoms with Gasteiger partial charge in [-0.2, -0.15) is 0 Å². The average Bonchev–Trinajstić information content (AvgIpc) is 3.30. The third kappa shape index (κ3) is 5.38. The smallest absolute Gasteiger partial charge is 0.293 e. The first kappa shape index (κ1) is 22.1. The molecule has 2 aromatic carbocycles.